The van der Waals surface area contributed by atoms with Crippen molar-refractivity contribution in [2.24, 2.45) is 0 Å². The van der Waals surface area contributed by atoms with E-state index >= 15 is 0 Å². The summed E-state index contributed by atoms with van der Waals surface area (Å²) in [5.41, 5.74) is 0. The zero-order valence-electron chi connectivity index (χ0n) is 9.82. The molecular weight excluding hydrogens is 200 g/mol. The Labute approximate surface area is 90.6 Å². The van der Waals surface area contributed by atoms with Gasteiger partial charge in [-0.15, -0.1) is 0 Å². The average Bonchev–Trinajstić information content (AvgIpc) is 2.22. The van der Waals surface area contributed by atoms with Crippen molar-refractivity contribution >= 4 is 6.16 Å². The number of methoxy groups -OCH3 is 1. The first-order chi connectivity index (χ1) is 7.10. The van der Waals surface area contributed by atoms with Crippen LogP contribution in [0.3, 0.4) is 0 Å². The molecule has 0 saturated carbocycles. The first-order valence-electron chi connectivity index (χ1n) is 5.04. The van der Waals surface area contributed by atoms with E-state index in [9.17, 15) is 4.79 Å². The molecule has 15 heavy (non-hydrogen) atoms. The molecule has 2 unspecified atom stereocenters. The van der Waals surface area contributed by atoms with Gasteiger partial charge in [0.15, 0.2) is 6.79 Å². The normalized spacial score (nSPS) is 14.4. The molecule has 0 bridgehead atoms. The highest BCUT2D eigenvalue weighted by Gasteiger charge is 2.11. The van der Waals surface area contributed by atoms with Crippen molar-refractivity contribution in [2.75, 3.05) is 20.5 Å². The number of carbonyl (C=O) groups excluding carboxylic acids is 1. The molecule has 5 heteroatoms. The highest BCUT2D eigenvalue weighted by Crippen LogP contribution is 2.01. The van der Waals surface area contributed by atoms with Crippen LogP contribution in [0.4, 0.5) is 4.79 Å². The van der Waals surface area contributed by atoms with E-state index in [4.69, 9.17) is 9.47 Å². The number of ether oxygens (including phenoxy) is 4. The van der Waals surface area contributed by atoms with E-state index in [1.807, 2.05) is 13.8 Å². The Morgan fingerprint density at radius 3 is 2.47 bits per heavy atom. The summed E-state index contributed by atoms with van der Waals surface area (Å²) < 4.78 is 19.4. The smallest absolute Gasteiger partial charge is 0.429 e. The van der Waals surface area contributed by atoms with E-state index in [-0.39, 0.29) is 19.0 Å². The lowest BCUT2D eigenvalue weighted by atomic mass is 10.3. The highest BCUT2D eigenvalue weighted by molar-refractivity contribution is 5.59. The third-order valence-electron chi connectivity index (χ3n) is 1.78. The van der Waals surface area contributed by atoms with Gasteiger partial charge in [-0.3, -0.25) is 0 Å². The van der Waals surface area contributed by atoms with E-state index < -0.39 is 6.16 Å². The topological polar surface area (TPSA) is 54.0 Å². The van der Waals surface area contributed by atoms with Crippen molar-refractivity contribution in [1.82, 2.24) is 0 Å². The Balaban J connectivity index is 3.54. The van der Waals surface area contributed by atoms with Gasteiger partial charge in [0.1, 0.15) is 6.10 Å². The molecule has 0 heterocycles. The second-order valence-corrected chi connectivity index (χ2v) is 3.28. The van der Waals surface area contributed by atoms with Gasteiger partial charge in [0.25, 0.3) is 0 Å². The molecule has 0 radical (unpaired) electrons. The van der Waals surface area contributed by atoms with E-state index in [0.29, 0.717) is 6.61 Å². The molecule has 2 atom stereocenters. The van der Waals surface area contributed by atoms with E-state index in [2.05, 4.69) is 9.47 Å². The SMILES string of the molecule is CCC(C)OCC(C)OC(=O)OCOC. The highest BCUT2D eigenvalue weighted by atomic mass is 16.8. The van der Waals surface area contributed by atoms with Crippen LogP contribution in [0.1, 0.15) is 27.2 Å². The first-order valence-corrected chi connectivity index (χ1v) is 5.04. The van der Waals surface area contributed by atoms with Crippen LogP contribution < -0.4 is 0 Å². The molecule has 5 nitrogen and oxygen atoms in total. The van der Waals surface area contributed by atoms with E-state index in [0.717, 1.165) is 6.42 Å². The van der Waals surface area contributed by atoms with Crippen LogP contribution >= 0.6 is 0 Å². The summed E-state index contributed by atoms with van der Waals surface area (Å²) in [5, 5.41) is 0. The van der Waals surface area contributed by atoms with Crippen LogP contribution in [0.15, 0.2) is 0 Å². The molecule has 0 N–H and O–H groups in total. The van der Waals surface area contributed by atoms with Crippen LogP contribution in [-0.2, 0) is 18.9 Å². The summed E-state index contributed by atoms with van der Waals surface area (Å²) in [6, 6.07) is 0. The molecule has 0 amide bonds. The number of rotatable bonds is 7. The molecule has 0 fully saturated rings. The second-order valence-electron chi connectivity index (χ2n) is 3.28. The Morgan fingerprint density at radius 2 is 1.93 bits per heavy atom. The Morgan fingerprint density at radius 1 is 1.27 bits per heavy atom. The summed E-state index contributed by atoms with van der Waals surface area (Å²) in [4.78, 5) is 10.9. The molecule has 0 saturated heterocycles. The summed E-state index contributed by atoms with van der Waals surface area (Å²) >= 11 is 0. The maximum atomic E-state index is 10.9. The predicted molar refractivity (Wildman–Crippen MR) is 54.6 cm³/mol. The minimum Gasteiger partial charge on any atom is -0.429 e. The fourth-order valence-electron chi connectivity index (χ4n) is 0.757. The van der Waals surface area contributed by atoms with Crippen molar-refractivity contribution in [3.8, 4) is 0 Å². The first kappa shape index (κ1) is 14.2. The maximum Gasteiger partial charge on any atom is 0.510 e. The van der Waals surface area contributed by atoms with Crippen molar-refractivity contribution in [1.29, 1.82) is 0 Å². The standard InChI is InChI=1S/C10H20O5/c1-5-8(2)13-6-9(3)15-10(11)14-7-12-4/h8-9H,5-7H2,1-4H3. The molecule has 0 aliphatic carbocycles. The van der Waals surface area contributed by atoms with Crippen LogP contribution in [0.5, 0.6) is 0 Å². The fourth-order valence-corrected chi connectivity index (χ4v) is 0.757. The molecule has 0 aliphatic rings. The monoisotopic (exact) mass is 220 g/mol. The third-order valence-corrected chi connectivity index (χ3v) is 1.78. The molecule has 0 aromatic heterocycles. The molecule has 90 valence electrons. The minimum absolute atomic E-state index is 0.0994. The zero-order valence-corrected chi connectivity index (χ0v) is 9.82. The second kappa shape index (κ2) is 8.49. The molecule has 0 rings (SSSR count). The van der Waals surface area contributed by atoms with Crippen molar-refractivity contribution in [3.63, 3.8) is 0 Å². The van der Waals surface area contributed by atoms with Gasteiger partial charge in [-0.25, -0.2) is 4.79 Å². The summed E-state index contributed by atoms with van der Waals surface area (Å²) in [5.74, 6) is 0. The maximum absolute atomic E-state index is 10.9. The van der Waals surface area contributed by atoms with E-state index in [1.165, 1.54) is 7.11 Å². The van der Waals surface area contributed by atoms with E-state index in [1.54, 1.807) is 6.92 Å². The van der Waals surface area contributed by atoms with Gasteiger partial charge in [0.05, 0.1) is 12.7 Å². The average molecular weight is 220 g/mol. The molecule has 0 spiro atoms. The Kier molecular flexibility index (Phi) is 8.04. The van der Waals surface area contributed by atoms with Gasteiger partial charge in [0.2, 0.25) is 0 Å². The molecular formula is C10H20O5. The summed E-state index contributed by atoms with van der Waals surface area (Å²) in [6.07, 6.45) is 0.0485. The van der Waals surface area contributed by atoms with Gasteiger partial charge in [-0.1, -0.05) is 6.92 Å². The van der Waals surface area contributed by atoms with Crippen molar-refractivity contribution < 1.29 is 23.7 Å². The van der Waals surface area contributed by atoms with Gasteiger partial charge < -0.3 is 18.9 Å². The lowest BCUT2D eigenvalue weighted by Crippen LogP contribution is -2.23. The van der Waals surface area contributed by atoms with Crippen LogP contribution in [0.25, 0.3) is 0 Å². The van der Waals surface area contributed by atoms with Crippen LogP contribution in [0.2, 0.25) is 0 Å². The molecule has 0 aliphatic heterocycles. The number of hydrogen-bond donors (Lipinski definition) is 0. The third kappa shape index (κ3) is 8.20. The lowest BCUT2D eigenvalue weighted by molar-refractivity contribution is -0.0588. The largest absolute Gasteiger partial charge is 0.510 e. The lowest BCUT2D eigenvalue weighted by Gasteiger charge is -2.16. The van der Waals surface area contributed by atoms with Crippen LogP contribution in [-0.4, -0.2) is 38.9 Å². The van der Waals surface area contributed by atoms with Crippen molar-refractivity contribution in [2.45, 2.75) is 39.4 Å². The van der Waals surface area contributed by atoms with Gasteiger partial charge in [0, 0.05) is 7.11 Å². The van der Waals surface area contributed by atoms with Crippen LogP contribution in [0, 0.1) is 0 Å². The molecule has 0 aromatic rings. The van der Waals surface area contributed by atoms with Gasteiger partial charge >= 0.3 is 6.16 Å². The quantitative estimate of drug-likeness (QED) is 0.485. The Hall–Kier alpha value is -0.810. The number of carbonyl (C=O) groups is 1. The van der Waals surface area contributed by atoms with Gasteiger partial charge in [-0.2, -0.15) is 0 Å². The van der Waals surface area contributed by atoms with Gasteiger partial charge in [-0.05, 0) is 20.3 Å². The van der Waals surface area contributed by atoms with Crippen molar-refractivity contribution in [3.05, 3.63) is 0 Å². The fraction of sp³-hybridized carbons (Fsp3) is 0.900. The Bertz CT molecular complexity index is 171. The predicted octanol–water partition coefficient (Wildman–Crippen LogP) is 1.95. The molecule has 0 aromatic carbocycles. The summed E-state index contributed by atoms with van der Waals surface area (Å²) in [7, 11) is 1.43. The summed E-state index contributed by atoms with van der Waals surface area (Å²) in [6.45, 7) is 6.02. The number of hydrogen-bond acceptors (Lipinski definition) is 5. The zero-order chi connectivity index (χ0) is 11.7. The minimum atomic E-state index is -0.739.